The Balaban J connectivity index is 1.31. The SMILES string of the molecule is O=C(N/C(=C\c1ccc2c(c1)OCO2)C(=O)N1C[C@@H]2C[C@H](C1)c1cccc(=O)n1C2)c1ccccc1. The molecule has 1 N–H and O–H groups in total. The van der Waals surface area contributed by atoms with E-state index in [1.54, 1.807) is 59.5 Å². The largest absolute Gasteiger partial charge is 0.454 e. The molecular formula is C28H25N3O5. The Morgan fingerprint density at radius 2 is 1.75 bits per heavy atom. The van der Waals surface area contributed by atoms with Crippen molar-refractivity contribution in [2.45, 2.75) is 18.9 Å². The maximum Gasteiger partial charge on any atom is 0.270 e. The van der Waals surface area contributed by atoms with Crippen LogP contribution in [-0.4, -0.2) is 41.2 Å². The molecule has 3 aromatic rings. The maximum atomic E-state index is 13.8. The van der Waals surface area contributed by atoms with E-state index >= 15 is 0 Å². The van der Waals surface area contributed by atoms with Gasteiger partial charge in [0.1, 0.15) is 5.70 Å². The number of nitrogens with zero attached hydrogens (tertiary/aromatic N) is 2. The molecule has 8 nitrogen and oxygen atoms in total. The maximum absolute atomic E-state index is 13.8. The zero-order chi connectivity index (χ0) is 24.6. The number of nitrogens with one attached hydrogen (secondary N) is 1. The van der Waals surface area contributed by atoms with Crippen LogP contribution in [0.2, 0.25) is 0 Å². The number of fused-ring (bicyclic) bond motifs is 5. The topological polar surface area (TPSA) is 89.9 Å². The average Bonchev–Trinajstić information content (AvgIpc) is 3.37. The average molecular weight is 484 g/mol. The minimum absolute atomic E-state index is 0.000457. The highest BCUT2D eigenvalue weighted by molar-refractivity contribution is 6.05. The number of hydrogen-bond acceptors (Lipinski definition) is 5. The first-order valence-electron chi connectivity index (χ1n) is 12.0. The molecule has 6 rings (SSSR count). The summed E-state index contributed by atoms with van der Waals surface area (Å²) in [4.78, 5) is 41.0. The van der Waals surface area contributed by atoms with Gasteiger partial charge in [0, 0.05) is 42.9 Å². The molecule has 2 aromatic carbocycles. The van der Waals surface area contributed by atoms with Crippen LogP contribution in [0.3, 0.4) is 0 Å². The van der Waals surface area contributed by atoms with E-state index < -0.39 is 0 Å². The Morgan fingerprint density at radius 1 is 0.917 bits per heavy atom. The zero-order valence-corrected chi connectivity index (χ0v) is 19.6. The van der Waals surface area contributed by atoms with Crippen molar-refractivity contribution in [1.29, 1.82) is 0 Å². The number of piperidine rings is 1. The van der Waals surface area contributed by atoms with Gasteiger partial charge in [0.25, 0.3) is 17.4 Å². The normalized spacial score (nSPS) is 20.0. The summed E-state index contributed by atoms with van der Waals surface area (Å²) in [7, 11) is 0. The first-order chi connectivity index (χ1) is 17.5. The van der Waals surface area contributed by atoms with Gasteiger partial charge in [0.05, 0.1) is 0 Å². The second kappa shape index (κ2) is 9.03. The number of benzene rings is 2. The molecule has 0 spiro atoms. The van der Waals surface area contributed by atoms with E-state index in [4.69, 9.17) is 9.47 Å². The first kappa shape index (κ1) is 22.2. The fourth-order valence-corrected chi connectivity index (χ4v) is 5.34. The fourth-order valence-electron chi connectivity index (χ4n) is 5.34. The molecule has 3 aliphatic rings. The van der Waals surface area contributed by atoms with Crippen LogP contribution in [0, 0.1) is 5.92 Å². The third-order valence-corrected chi connectivity index (χ3v) is 6.99. The van der Waals surface area contributed by atoms with Crippen molar-refractivity contribution in [3.05, 3.63) is 99.6 Å². The van der Waals surface area contributed by atoms with Gasteiger partial charge in [0.15, 0.2) is 11.5 Å². The third kappa shape index (κ3) is 4.15. The quantitative estimate of drug-likeness (QED) is 0.577. The molecule has 0 radical (unpaired) electrons. The molecule has 1 aromatic heterocycles. The van der Waals surface area contributed by atoms with Gasteiger partial charge in [0.2, 0.25) is 6.79 Å². The van der Waals surface area contributed by atoms with Gasteiger partial charge in [-0.3, -0.25) is 14.4 Å². The predicted octanol–water partition coefficient (Wildman–Crippen LogP) is 2.99. The van der Waals surface area contributed by atoms with Crippen molar-refractivity contribution in [2.75, 3.05) is 19.9 Å². The summed E-state index contributed by atoms with van der Waals surface area (Å²) in [5.41, 5.74) is 2.33. The zero-order valence-electron chi connectivity index (χ0n) is 19.6. The summed E-state index contributed by atoms with van der Waals surface area (Å²) >= 11 is 0. The first-order valence-corrected chi connectivity index (χ1v) is 12.0. The molecule has 8 heteroatoms. The van der Waals surface area contributed by atoms with Crippen molar-refractivity contribution < 1.29 is 19.1 Å². The molecule has 36 heavy (non-hydrogen) atoms. The number of pyridine rings is 1. The lowest BCUT2D eigenvalue weighted by Crippen LogP contribution is -2.50. The number of rotatable bonds is 4. The highest BCUT2D eigenvalue weighted by atomic mass is 16.7. The van der Waals surface area contributed by atoms with E-state index in [0.717, 1.165) is 12.1 Å². The highest BCUT2D eigenvalue weighted by Crippen LogP contribution is 2.36. The Hall–Kier alpha value is -4.33. The van der Waals surface area contributed by atoms with Crippen molar-refractivity contribution in [1.82, 2.24) is 14.8 Å². The smallest absolute Gasteiger partial charge is 0.270 e. The molecule has 4 heterocycles. The molecule has 1 fully saturated rings. The van der Waals surface area contributed by atoms with Crippen molar-refractivity contribution in [3.63, 3.8) is 0 Å². The summed E-state index contributed by atoms with van der Waals surface area (Å²) in [5.74, 6) is 0.887. The number of hydrogen-bond donors (Lipinski definition) is 1. The van der Waals surface area contributed by atoms with Crippen LogP contribution in [0.4, 0.5) is 0 Å². The van der Waals surface area contributed by atoms with Gasteiger partial charge in [-0.05, 0) is 54.3 Å². The molecule has 0 saturated carbocycles. The van der Waals surface area contributed by atoms with E-state index in [-0.39, 0.29) is 41.7 Å². The fraction of sp³-hybridized carbons (Fsp3) is 0.250. The van der Waals surface area contributed by atoms with Gasteiger partial charge in [-0.2, -0.15) is 0 Å². The number of likely N-dealkylation sites (tertiary alicyclic amines) is 1. The highest BCUT2D eigenvalue weighted by Gasteiger charge is 2.37. The van der Waals surface area contributed by atoms with Crippen LogP contribution < -0.4 is 20.3 Å². The molecular weight excluding hydrogens is 458 g/mol. The molecule has 0 aliphatic carbocycles. The molecule has 2 amide bonds. The van der Waals surface area contributed by atoms with E-state index in [1.165, 1.54) is 0 Å². The van der Waals surface area contributed by atoms with E-state index in [0.29, 0.717) is 42.3 Å². The molecule has 3 aliphatic heterocycles. The summed E-state index contributed by atoms with van der Waals surface area (Å²) in [6.07, 6.45) is 2.61. The van der Waals surface area contributed by atoms with Gasteiger partial charge >= 0.3 is 0 Å². The summed E-state index contributed by atoms with van der Waals surface area (Å²) < 4.78 is 12.7. The Bertz CT molecular complexity index is 1430. The minimum Gasteiger partial charge on any atom is -0.454 e. The van der Waals surface area contributed by atoms with E-state index in [2.05, 4.69) is 5.32 Å². The van der Waals surface area contributed by atoms with Gasteiger partial charge in [-0.25, -0.2) is 0 Å². The van der Waals surface area contributed by atoms with Crippen LogP contribution >= 0.6 is 0 Å². The molecule has 2 atom stereocenters. The standard InChI is InChI=1S/C28H25N3O5/c32-26-8-4-7-23-21-11-19(15-31(23)26)14-30(16-21)28(34)22(29-27(33)20-5-2-1-3-6-20)12-18-9-10-24-25(13-18)36-17-35-24/h1-10,12-13,19,21H,11,14-17H2,(H,29,33)/b22-12-/t19-,21+/m0/s1. The van der Waals surface area contributed by atoms with Crippen LogP contribution in [0.15, 0.2) is 77.2 Å². The lowest BCUT2D eigenvalue weighted by molar-refractivity contribution is -0.130. The van der Waals surface area contributed by atoms with Crippen molar-refractivity contribution in [2.24, 2.45) is 5.92 Å². The summed E-state index contributed by atoms with van der Waals surface area (Å²) in [6.45, 7) is 1.75. The number of ether oxygens (including phenoxy) is 2. The lowest BCUT2D eigenvalue weighted by Gasteiger charge is -2.43. The number of carbonyl (C=O) groups is 2. The summed E-state index contributed by atoms with van der Waals surface area (Å²) in [5, 5.41) is 2.84. The number of aromatic nitrogens is 1. The van der Waals surface area contributed by atoms with Gasteiger partial charge < -0.3 is 24.3 Å². The van der Waals surface area contributed by atoms with Crippen molar-refractivity contribution >= 4 is 17.9 Å². The van der Waals surface area contributed by atoms with E-state index in [1.807, 2.05) is 22.8 Å². The van der Waals surface area contributed by atoms with E-state index in [9.17, 15) is 14.4 Å². The third-order valence-electron chi connectivity index (χ3n) is 6.99. The summed E-state index contributed by atoms with van der Waals surface area (Å²) in [6, 6.07) is 19.5. The Morgan fingerprint density at radius 3 is 2.61 bits per heavy atom. The molecule has 2 bridgehead atoms. The molecule has 1 saturated heterocycles. The second-order valence-corrected chi connectivity index (χ2v) is 9.40. The van der Waals surface area contributed by atoms with Gasteiger partial charge in [-0.15, -0.1) is 0 Å². The van der Waals surface area contributed by atoms with Crippen molar-refractivity contribution in [3.8, 4) is 11.5 Å². The van der Waals surface area contributed by atoms with Gasteiger partial charge in [-0.1, -0.05) is 30.3 Å². The molecule has 0 unspecified atom stereocenters. The molecule has 182 valence electrons. The Kier molecular flexibility index (Phi) is 5.56. The number of amides is 2. The Labute approximate surface area is 207 Å². The van der Waals surface area contributed by atoms with Crippen LogP contribution in [0.1, 0.15) is 34.0 Å². The monoisotopic (exact) mass is 483 g/mol. The lowest BCUT2D eigenvalue weighted by atomic mass is 9.83. The van der Waals surface area contributed by atoms with Crippen LogP contribution in [0.5, 0.6) is 11.5 Å². The second-order valence-electron chi connectivity index (χ2n) is 9.40. The number of carbonyl (C=O) groups excluding carboxylic acids is 2. The predicted molar refractivity (Wildman–Crippen MR) is 133 cm³/mol. The minimum atomic E-state index is -0.356. The van der Waals surface area contributed by atoms with Crippen LogP contribution in [-0.2, 0) is 11.3 Å². The van der Waals surface area contributed by atoms with Crippen LogP contribution in [0.25, 0.3) is 6.08 Å².